The van der Waals surface area contributed by atoms with Gasteiger partial charge in [0, 0.05) is 25.2 Å². The molecule has 0 radical (unpaired) electrons. The Morgan fingerprint density at radius 3 is 2.61 bits per heavy atom. The van der Waals surface area contributed by atoms with Crippen LogP contribution in [-0.4, -0.2) is 35.4 Å². The van der Waals surface area contributed by atoms with Gasteiger partial charge in [-0.3, -0.25) is 9.36 Å². The van der Waals surface area contributed by atoms with Crippen LogP contribution in [0.1, 0.15) is 32.2 Å². The zero-order chi connectivity index (χ0) is 19.5. The summed E-state index contributed by atoms with van der Waals surface area (Å²) in [5.41, 5.74) is -0.796. The maximum absolute atomic E-state index is 15.0. The first kappa shape index (κ1) is 21.0. The van der Waals surface area contributed by atoms with Crippen molar-refractivity contribution in [2.75, 3.05) is 30.9 Å². The zero-order valence-electron chi connectivity index (χ0n) is 15.7. The Morgan fingerprint density at radius 2 is 2.00 bits per heavy atom. The second-order valence-corrected chi connectivity index (χ2v) is 7.93. The molecular formula is C18H24Cl2FN5O2. The Balaban J connectivity index is 0.00000225. The molecule has 2 heterocycles. The van der Waals surface area contributed by atoms with Crippen LogP contribution < -0.4 is 27.3 Å². The van der Waals surface area contributed by atoms with Crippen LogP contribution in [0.3, 0.4) is 0 Å². The third-order valence-electron chi connectivity index (χ3n) is 5.89. The van der Waals surface area contributed by atoms with Gasteiger partial charge in [-0.1, -0.05) is 11.6 Å². The third kappa shape index (κ3) is 3.17. The van der Waals surface area contributed by atoms with E-state index in [1.807, 2.05) is 11.9 Å². The fraction of sp³-hybridized carbons (Fsp3) is 0.556. The Bertz CT molecular complexity index is 1030. The van der Waals surface area contributed by atoms with Gasteiger partial charge in [0.05, 0.1) is 21.6 Å². The molecule has 4 rings (SSSR count). The quantitative estimate of drug-likeness (QED) is 0.721. The van der Waals surface area contributed by atoms with Gasteiger partial charge >= 0.3 is 5.69 Å². The van der Waals surface area contributed by atoms with E-state index in [0.717, 1.165) is 25.3 Å². The number of aromatic nitrogens is 2. The van der Waals surface area contributed by atoms with E-state index in [2.05, 4.69) is 12.2 Å². The molecule has 154 valence electrons. The van der Waals surface area contributed by atoms with Crippen molar-refractivity contribution in [3.63, 3.8) is 0 Å². The van der Waals surface area contributed by atoms with Crippen LogP contribution in [0.15, 0.2) is 15.7 Å². The summed E-state index contributed by atoms with van der Waals surface area (Å²) in [6, 6.07) is 1.41. The topological polar surface area (TPSA) is 85.3 Å². The average molecular weight is 432 g/mol. The van der Waals surface area contributed by atoms with Crippen molar-refractivity contribution in [2.45, 2.75) is 38.3 Å². The molecule has 1 aliphatic carbocycles. The van der Waals surface area contributed by atoms with Gasteiger partial charge in [-0.15, -0.1) is 12.4 Å². The number of nitrogens with one attached hydrogen (secondary N) is 1. The summed E-state index contributed by atoms with van der Waals surface area (Å²) >= 11 is 6.62. The van der Waals surface area contributed by atoms with E-state index in [-0.39, 0.29) is 40.1 Å². The predicted molar refractivity (Wildman–Crippen MR) is 112 cm³/mol. The molecule has 2 fully saturated rings. The van der Waals surface area contributed by atoms with Crippen LogP contribution in [0.2, 0.25) is 5.02 Å². The lowest BCUT2D eigenvalue weighted by Crippen LogP contribution is -2.44. The van der Waals surface area contributed by atoms with Crippen molar-refractivity contribution in [3.8, 4) is 0 Å². The molecule has 0 amide bonds. The van der Waals surface area contributed by atoms with E-state index in [1.54, 1.807) is 0 Å². The smallest absolute Gasteiger partial charge is 0.350 e. The molecule has 3 N–H and O–H groups in total. The van der Waals surface area contributed by atoms with Crippen molar-refractivity contribution in [3.05, 3.63) is 37.7 Å². The number of nitrogens with two attached hydrogens (primary N) is 1. The normalized spacial score (nSPS) is 20.4. The first-order chi connectivity index (χ1) is 12.8. The number of anilines is 1. The average Bonchev–Trinajstić information content (AvgIpc) is 3.37. The summed E-state index contributed by atoms with van der Waals surface area (Å²) in [7, 11) is 1.91. The largest absolute Gasteiger partial charge is 0.368 e. The van der Waals surface area contributed by atoms with E-state index >= 15 is 0 Å². The van der Waals surface area contributed by atoms with E-state index in [4.69, 9.17) is 17.4 Å². The van der Waals surface area contributed by atoms with Crippen molar-refractivity contribution in [1.29, 1.82) is 0 Å². The summed E-state index contributed by atoms with van der Waals surface area (Å²) in [6.45, 7) is 3.42. The molecular weight excluding hydrogens is 408 g/mol. The number of fused-ring (bicyclic) bond motifs is 1. The molecule has 0 spiro atoms. The summed E-state index contributed by atoms with van der Waals surface area (Å²) in [4.78, 5) is 26.9. The first-order valence-electron chi connectivity index (χ1n) is 9.21. The Hall–Kier alpha value is -1.77. The number of hydrogen-bond acceptors (Lipinski definition) is 5. The Labute approximate surface area is 172 Å². The lowest BCUT2D eigenvalue weighted by atomic mass is 10.0. The summed E-state index contributed by atoms with van der Waals surface area (Å²) in [6.07, 6.45) is 2.53. The highest BCUT2D eigenvalue weighted by Crippen LogP contribution is 2.41. The monoisotopic (exact) mass is 431 g/mol. The second kappa shape index (κ2) is 7.57. The van der Waals surface area contributed by atoms with E-state index in [1.165, 1.54) is 4.57 Å². The number of nitrogen functional groups attached to an aromatic ring is 1. The Morgan fingerprint density at radius 1 is 1.32 bits per heavy atom. The number of hydrogen-bond donors (Lipinski definition) is 2. The van der Waals surface area contributed by atoms with Crippen LogP contribution >= 0.6 is 24.0 Å². The molecule has 2 aromatic rings. The molecule has 28 heavy (non-hydrogen) atoms. The fourth-order valence-corrected chi connectivity index (χ4v) is 4.42. The van der Waals surface area contributed by atoms with E-state index in [9.17, 15) is 14.0 Å². The molecule has 2 atom stereocenters. The van der Waals surface area contributed by atoms with Crippen molar-refractivity contribution >= 4 is 40.6 Å². The maximum Gasteiger partial charge on any atom is 0.350 e. The van der Waals surface area contributed by atoms with Gasteiger partial charge in [-0.25, -0.2) is 9.18 Å². The maximum atomic E-state index is 15.0. The minimum Gasteiger partial charge on any atom is -0.368 e. The molecule has 10 heteroatoms. The lowest BCUT2D eigenvalue weighted by molar-refractivity contribution is 0.428. The van der Waals surface area contributed by atoms with Gasteiger partial charge in [0.15, 0.2) is 0 Å². The molecule has 1 saturated heterocycles. The zero-order valence-corrected chi connectivity index (χ0v) is 17.3. The van der Waals surface area contributed by atoms with Gasteiger partial charge in [0.25, 0.3) is 5.56 Å². The molecule has 1 saturated carbocycles. The van der Waals surface area contributed by atoms with Gasteiger partial charge in [0.2, 0.25) is 0 Å². The van der Waals surface area contributed by atoms with Crippen LogP contribution in [0.5, 0.6) is 0 Å². The van der Waals surface area contributed by atoms with Crippen LogP contribution in [0, 0.1) is 11.7 Å². The summed E-state index contributed by atoms with van der Waals surface area (Å²) < 4.78 is 17.0. The van der Waals surface area contributed by atoms with E-state index in [0.29, 0.717) is 29.7 Å². The number of nitrogens with zero attached hydrogens (tertiary/aromatic N) is 3. The van der Waals surface area contributed by atoms with Gasteiger partial charge < -0.3 is 16.1 Å². The second-order valence-electron chi connectivity index (χ2n) is 7.55. The molecule has 2 unspecified atom stereocenters. The molecule has 1 aliphatic heterocycles. The van der Waals surface area contributed by atoms with Crippen LogP contribution in [0.4, 0.5) is 10.1 Å². The van der Waals surface area contributed by atoms with Crippen molar-refractivity contribution in [1.82, 2.24) is 14.6 Å². The summed E-state index contributed by atoms with van der Waals surface area (Å²) in [5.74, 6) is 5.43. The molecule has 1 aromatic carbocycles. The van der Waals surface area contributed by atoms with E-state index < -0.39 is 17.1 Å². The highest BCUT2D eigenvalue weighted by molar-refractivity contribution is 6.38. The van der Waals surface area contributed by atoms with Gasteiger partial charge in [-0.05, 0) is 45.2 Å². The standard InChI is InChI=1S/C18H23ClFN5O2.ClH/c1-9(22-2)10-5-6-23(8-10)16-13(20)7-12-15(14(16)19)24(11-3-4-11)18(27)25(21)17(12)26;/h7,9-11,22H,3-6,8,21H2,1-2H3;1H. The summed E-state index contributed by atoms with van der Waals surface area (Å²) in [5, 5.41) is 3.39. The predicted octanol–water partition coefficient (Wildman–Crippen LogP) is 1.86. The molecule has 7 nitrogen and oxygen atoms in total. The SMILES string of the molecule is CNC(C)C1CCN(c2c(F)cc3c(=O)n(N)c(=O)n(C4CC4)c3c2Cl)C1.Cl. The lowest BCUT2D eigenvalue weighted by Gasteiger charge is -2.24. The first-order valence-corrected chi connectivity index (χ1v) is 9.59. The minimum absolute atomic E-state index is 0. The molecule has 0 bridgehead atoms. The van der Waals surface area contributed by atoms with Crippen molar-refractivity contribution in [2.24, 2.45) is 5.92 Å². The van der Waals surface area contributed by atoms with Crippen molar-refractivity contribution < 1.29 is 4.39 Å². The molecule has 1 aromatic heterocycles. The van der Waals surface area contributed by atoms with Crippen LogP contribution in [-0.2, 0) is 0 Å². The molecule has 2 aliphatic rings. The third-order valence-corrected chi connectivity index (χ3v) is 6.24. The van der Waals surface area contributed by atoms with Gasteiger partial charge in [0.1, 0.15) is 5.82 Å². The van der Waals surface area contributed by atoms with Crippen LogP contribution in [0.25, 0.3) is 10.9 Å². The Kier molecular flexibility index (Phi) is 5.67. The highest BCUT2D eigenvalue weighted by atomic mass is 35.5. The number of halogens is 3. The van der Waals surface area contributed by atoms with Gasteiger partial charge in [-0.2, -0.15) is 4.68 Å². The number of rotatable bonds is 4. The highest BCUT2D eigenvalue weighted by Gasteiger charge is 2.33. The fourth-order valence-electron chi connectivity index (χ4n) is 4.02. The minimum atomic E-state index is -0.734. The number of benzene rings is 1.